The van der Waals surface area contributed by atoms with Crippen LogP contribution in [-0.4, -0.2) is 29.2 Å². The minimum atomic E-state index is -0.953. The van der Waals surface area contributed by atoms with E-state index in [0.717, 1.165) is 38.5 Å². The summed E-state index contributed by atoms with van der Waals surface area (Å²) < 4.78 is 0. The molecule has 0 aromatic carbocycles. The molecule has 1 saturated carbocycles. The van der Waals surface area contributed by atoms with Gasteiger partial charge in [0.2, 0.25) is 0 Å². The van der Waals surface area contributed by atoms with Crippen LogP contribution in [0.2, 0.25) is 0 Å². The van der Waals surface area contributed by atoms with E-state index in [9.17, 15) is 9.59 Å². The average Bonchev–Trinajstić information content (AvgIpc) is 2.37. The molecular weight excluding hydrogens is 256 g/mol. The van der Waals surface area contributed by atoms with Crippen LogP contribution in [0.3, 0.4) is 0 Å². The number of unbranched alkanes of at least 4 members (excludes halogenated alkanes) is 1. The van der Waals surface area contributed by atoms with Crippen molar-refractivity contribution in [3.8, 4) is 0 Å². The number of hydrogen-bond donors (Lipinski definition) is 3. The second-order valence-electron chi connectivity index (χ2n) is 5.69. The molecule has 5 heteroatoms. The molecule has 1 atom stereocenters. The van der Waals surface area contributed by atoms with Crippen LogP contribution in [-0.2, 0) is 4.79 Å². The maximum Gasteiger partial charge on any atom is 0.326 e. The zero-order valence-electron chi connectivity index (χ0n) is 12.5. The summed E-state index contributed by atoms with van der Waals surface area (Å²) >= 11 is 0. The van der Waals surface area contributed by atoms with Gasteiger partial charge in [-0.25, -0.2) is 9.59 Å². The van der Waals surface area contributed by atoms with Gasteiger partial charge in [0.1, 0.15) is 6.04 Å². The van der Waals surface area contributed by atoms with Gasteiger partial charge in [-0.15, -0.1) is 0 Å². The van der Waals surface area contributed by atoms with Gasteiger partial charge in [0.25, 0.3) is 0 Å². The standard InChI is InChI=1S/C15H28N2O3/c1-2-3-11-13(14(18)19)17-15(20)16-12-9-7-5-4-6-8-10-12/h12-13H,2-11H2,1H3,(H,18,19)(H2,16,17,20). The second kappa shape index (κ2) is 9.61. The Labute approximate surface area is 121 Å². The molecule has 20 heavy (non-hydrogen) atoms. The highest BCUT2D eigenvalue weighted by molar-refractivity contribution is 5.82. The number of hydrogen-bond acceptors (Lipinski definition) is 2. The van der Waals surface area contributed by atoms with Crippen molar-refractivity contribution in [3.63, 3.8) is 0 Å². The summed E-state index contributed by atoms with van der Waals surface area (Å²) in [7, 11) is 0. The van der Waals surface area contributed by atoms with E-state index >= 15 is 0 Å². The minimum Gasteiger partial charge on any atom is -0.480 e. The summed E-state index contributed by atoms with van der Waals surface area (Å²) in [4.78, 5) is 23.0. The van der Waals surface area contributed by atoms with Crippen molar-refractivity contribution in [1.82, 2.24) is 10.6 Å². The van der Waals surface area contributed by atoms with E-state index in [0.29, 0.717) is 6.42 Å². The topological polar surface area (TPSA) is 78.4 Å². The molecule has 0 saturated heterocycles. The molecule has 0 aromatic heterocycles. The van der Waals surface area contributed by atoms with E-state index in [1.54, 1.807) is 0 Å². The average molecular weight is 284 g/mol. The third-order valence-electron chi connectivity index (χ3n) is 3.89. The largest absolute Gasteiger partial charge is 0.480 e. The SMILES string of the molecule is CCCCC(NC(=O)NC1CCCCCCC1)C(=O)O. The highest BCUT2D eigenvalue weighted by atomic mass is 16.4. The maximum absolute atomic E-state index is 11.9. The zero-order valence-corrected chi connectivity index (χ0v) is 12.5. The van der Waals surface area contributed by atoms with Crippen LogP contribution in [0.4, 0.5) is 4.79 Å². The summed E-state index contributed by atoms with van der Waals surface area (Å²) in [6, 6.07) is -0.918. The molecule has 0 aromatic rings. The molecule has 3 N–H and O–H groups in total. The first kappa shape index (κ1) is 16.8. The highest BCUT2D eigenvalue weighted by Crippen LogP contribution is 2.17. The van der Waals surface area contributed by atoms with Gasteiger partial charge in [0.15, 0.2) is 0 Å². The van der Waals surface area contributed by atoms with Gasteiger partial charge in [-0.2, -0.15) is 0 Å². The molecular formula is C15H28N2O3. The lowest BCUT2D eigenvalue weighted by atomic mass is 9.97. The molecule has 1 aliphatic rings. The lowest BCUT2D eigenvalue weighted by Crippen LogP contribution is -2.49. The van der Waals surface area contributed by atoms with Crippen LogP contribution in [0.25, 0.3) is 0 Å². The van der Waals surface area contributed by atoms with Crippen LogP contribution in [0.5, 0.6) is 0 Å². The third-order valence-corrected chi connectivity index (χ3v) is 3.89. The first-order chi connectivity index (χ1) is 9.63. The van der Waals surface area contributed by atoms with Crippen LogP contribution >= 0.6 is 0 Å². The number of rotatable bonds is 6. The van der Waals surface area contributed by atoms with Crippen LogP contribution in [0, 0.1) is 0 Å². The Bertz CT molecular complexity index is 299. The van der Waals surface area contributed by atoms with Gasteiger partial charge in [-0.05, 0) is 19.3 Å². The van der Waals surface area contributed by atoms with E-state index in [1.165, 1.54) is 19.3 Å². The predicted molar refractivity (Wildman–Crippen MR) is 78.7 cm³/mol. The molecule has 1 unspecified atom stereocenters. The van der Waals surface area contributed by atoms with Gasteiger partial charge >= 0.3 is 12.0 Å². The summed E-state index contributed by atoms with van der Waals surface area (Å²) in [5.41, 5.74) is 0. The van der Waals surface area contributed by atoms with E-state index < -0.39 is 12.0 Å². The summed E-state index contributed by atoms with van der Waals surface area (Å²) in [6.07, 6.45) is 10.3. The summed E-state index contributed by atoms with van der Waals surface area (Å²) in [5, 5.41) is 14.6. The fourth-order valence-corrected chi connectivity index (χ4v) is 2.65. The van der Waals surface area contributed by atoms with Gasteiger partial charge in [0, 0.05) is 6.04 Å². The molecule has 5 nitrogen and oxygen atoms in total. The molecule has 0 bridgehead atoms. The summed E-state index contributed by atoms with van der Waals surface area (Å²) in [6.45, 7) is 2.01. The molecule has 0 aliphatic heterocycles. The molecule has 1 aliphatic carbocycles. The molecule has 0 heterocycles. The lowest BCUT2D eigenvalue weighted by Gasteiger charge is -2.22. The van der Waals surface area contributed by atoms with Crippen molar-refractivity contribution in [1.29, 1.82) is 0 Å². The first-order valence-electron chi connectivity index (χ1n) is 7.93. The van der Waals surface area contributed by atoms with Gasteiger partial charge < -0.3 is 15.7 Å². The predicted octanol–water partition coefficient (Wildman–Crippen LogP) is 3.04. The van der Waals surface area contributed by atoms with Crippen molar-refractivity contribution < 1.29 is 14.7 Å². The summed E-state index contributed by atoms with van der Waals surface area (Å²) in [5.74, 6) is -0.953. The van der Waals surface area contributed by atoms with E-state index in [-0.39, 0.29) is 12.1 Å². The number of carbonyl (C=O) groups excluding carboxylic acids is 1. The maximum atomic E-state index is 11.9. The number of aliphatic carboxylic acids is 1. The van der Waals surface area contributed by atoms with Crippen molar-refractivity contribution in [2.24, 2.45) is 0 Å². The molecule has 0 radical (unpaired) electrons. The Hall–Kier alpha value is -1.26. The van der Waals surface area contributed by atoms with Crippen molar-refractivity contribution in [2.45, 2.75) is 83.2 Å². The fourth-order valence-electron chi connectivity index (χ4n) is 2.65. The zero-order chi connectivity index (χ0) is 14.8. The number of carboxylic acid groups (broad SMARTS) is 1. The smallest absolute Gasteiger partial charge is 0.326 e. The van der Waals surface area contributed by atoms with E-state index in [4.69, 9.17) is 5.11 Å². The van der Waals surface area contributed by atoms with Crippen molar-refractivity contribution in [3.05, 3.63) is 0 Å². The Morgan fingerprint density at radius 3 is 2.30 bits per heavy atom. The number of amides is 2. The number of carboxylic acids is 1. The Kier molecular flexibility index (Phi) is 8.07. The van der Waals surface area contributed by atoms with Crippen LogP contribution in [0.15, 0.2) is 0 Å². The van der Waals surface area contributed by atoms with Gasteiger partial charge in [-0.1, -0.05) is 51.9 Å². The molecule has 2 amide bonds. The van der Waals surface area contributed by atoms with Crippen LogP contribution in [0.1, 0.15) is 71.1 Å². The normalized spacial score (nSPS) is 18.6. The Morgan fingerprint density at radius 2 is 1.75 bits per heavy atom. The Balaban J connectivity index is 2.37. The van der Waals surface area contributed by atoms with Gasteiger partial charge in [-0.3, -0.25) is 0 Å². The number of urea groups is 1. The van der Waals surface area contributed by atoms with Crippen LogP contribution < -0.4 is 10.6 Å². The monoisotopic (exact) mass is 284 g/mol. The minimum absolute atomic E-state index is 0.191. The third kappa shape index (κ3) is 6.78. The molecule has 1 fully saturated rings. The number of nitrogens with one attached hydrogen (secondary N) is 2. The Morgan fingerprint density at radius 1 is 1.15 bits per heavy atom. The highest BCUT2D eigenvalue weighted by Gasteiger charge is 2.21. The molecule has 116 valence electrons. The molecule has 1 rings (SSSR count). The van der Waals surface area contributed by atoms with Crippen molar-refractivity contribution in [2.75, 3.05) is 0 Å². The quantitative estimate of drug-likeness (QED) is 0.701. The van der Waals surface area contributed by atoms with Crippen molar-refractivity contribution >= 4 is 12.0 Å². The van der Waals surface area contributed by atoms with E-state index in [2.05, 4.69) is 10.6 Å². The first-order valence-corrected chi connectivity index (χ1v) is 7.93. The van der Waals surface area contributed by atoms with Gasteiger partial charge in [0.05, 0.1) is 0 Å². The molecule has 0 spiro atoms. The fraction of sp³-hybridized carbons (Fsp3) is 0.867. The number of carbonyl (C=O) groups is 2. The second-order valence-corrected chi connectivity index (χ2v) is 5.69. The lowest BCUT2D eigenvalue weighted by molar-refractivity contribution is -0.139. The van der Waals surface area contributed by atoms with E-state index in [1.807, 2.05) is 6.92 Å².